The molecule has 0 radical (unpaired) electrons. The topological polar surface area (TPSA) is 29.5 Å². The fourth-order valence-electron chi connectivity index (χ4n) is 2.56. The summed E-state index contributed by atoms with van der Waals surface area (Å²) in [4.78, 5) is 0. The summed E-state index contributed by atoms with van der Waals surface area (Å²) < 4.78 is 19.9. The van der Waals surface area contributed by atoms with E-state index < -0.39 is 0 Å². The molecular formula is C16H15FO2. The quantitative estimate of drug-likeness (QED) is 0.897. The van der Waals surface area contributed by atoms with Crippen LogP contribution in [0.5, 0.6) is 5.75 Å². The third-order valence-electron chi connectivity index (χ3n) is 3.54. The summed E-state index contributed by atoms with van der Waals surface area (Å²) in [6.45, 7) is 1.90. The third kappa shape index (κ3) is 2.00. The second kappa shape index (κ2) is 4.67. The van der Waals surface area contributed by atoms with Crippen LogP contribution in [-0.4, -0.2) is 17.8 Å². The molecule has 1 N–H and O–H groups in total. The Morgan fingerprint density at radius 3 is 2.79 bits per heavy atom. The van der Waals surface area contributed by atoms with E-state index in [2.05, 4.69) is 0 Å². The zero-order chi connectivity index (χ0) is 13.4. The SMILES string of the molecule is Cc1ccccc1-c1c(F)ccc2c1O[C@H](CO)C2. The average Bonchev–Trinajstić information content (AvgIpc) is 2.83. The van der Waals surface area contributed by atoms with Crippen molar-refractivity contribution in [3.05, 3.63) is 53.3 Å². The van der Waals surface area contributed by atoms with Crippen molar-refractivity contribution in [1.82, 2.24) is 0 Å². The van der Waals surface area contributed by atoms with Gasteiger partial charge in [0.15, 0.2) is 0 Å². The molecule has 3 rings (SSSR count). The highest BCUT2D eigenvalue weighted by Crippen LogP contribution is 2.41. The highest BCUT2D eigenvalue weighted by molar-refractivity contribution is 5.76. The lowest BCUT2D eigenvalue weighted by molar-refractivity contribution is 0.135. The van der Waals surface area contributed by atoms with Crippen molar-refractivity contribution in [3.8, 4) is 16.9 Å². The Bertz CT molecular complexity index is 622. The van der Waals surface area contributed by atoms with Gasteiger partial charge in [-0.05, 0) is 29.7 Å². The zero-order valence-corrected chi connectivity index (χ0v) is 10.7. The van der Waals surface area contributed by atoms with Crippen LogP contribution in [0.4, 0.5) is 4.39 Å². The minimum atomic E-state index is -0.286. The third-order valence-corrected chi connectivity index (χ3v) is 3.54. The number of benzene rings is 2. The Labute approximate surface area is 111 Å². The predicted molar refractivity (Wildman–Crippen MR) is 71.8 cm³/mol. The summed E-state index contributed by atoms with van der Waals surface area (Å²) in [5.74, 6) is 0.292. The molecule has 2 aromatic rings. The van der Waals surface area contributed by atoms with Crippen molar-refractivity contribution in [1.29, 1.82) is 0 Å². The molecule has 2 aromatic carbocycles. The molecule has 0 amide bonds. The van der Waals surface area contributed by atoms with Crippen molar-refractivity contribution < 1.29 is 14.2 Å². The highest BCUT2D eigenvalue weighted by Gasteiger charge is 2.27. The number of hydrogen-bond donors (Lipinski definition) is 1. The number of hydrogen-bond acceptors (Lipinski definition) is 2. The van der Waals surface area contributed by atoms with E-state index in [0.29, 0.717) is 17.7 Å². The largest absolute Gasteiger partial charge is 0.487 e. The van der Waals surface area contributed by atoms with Gasteiger partial charge < -0.3 is 9.84 Å². The van der Waals surface area contributed by atoms with Gasteiger partial charge in [-0.1, -0.05) is 30.3 Å². The Morgan fingerprint density at radius 1 is 1.26 bits per heavy atom. The number of rotatable bonds is 2. The fraction of sp³-hybridized carbons (Fsp3) is 0.250. The molecule has 1 atom stereocenters. The first-order valence-corrected chi connectivity index (χ1v) is 6.35. The molecule has 0 spiro atoms. The van der Waals surface area contributed by atoms with Crippen LogP contribution in [0, 0.1) is 12.7 Å². The summed E-state index contributed by atoms with van der Waals surface area (Å²) in [5, 5.41) is 9.20. The molecule has 1 aliphatic rings. The zero-order valence-electron chi connectivity index (χ0n) is 10.7. The monoisotopic (exact) mass is 258 g/mol. The number of halogens is 1. The second-order valence-electron chi connectivity index (χ2n) is 4.85. The molecule has 0 unspecified atom stereocenters. The summed E-state index contributed by atoms with van der Waals surface area (Å²) in [6.07, 6.45) is 0.366. The lowest BCUT2D eigenvalue weighted by Gasteiger charge is -2.13. The molecule has 98 valence electrons. The molecule has 0 aromatic heterocycles. The van der Waals surface area contributed by atoms with Crippen LogP contribution < -0.4 is 4.74 Å². The maximum atomic E-state index is 14.2. The minimum absolute atomic E-state index is 0.0521. The van der Waals surface area contributed by atoms with Crippen LogP contribution in [0.25, 0.3) is 11.1 Å². The van der Waals surface area contributed by atoms with E-state index in [1.54, 1.807) is 6.07 Å². The molecule has 0 fully saturated rings. The minimum Gasteiger partial charge on any atom is -0.487 e. The second-order valence-corrected chi connectivity index (χ2v) is 4.85. The molecule has 0 saturated heterocycles. The molecule has 0 saturated carbocycles. The van der Waals surface area contributed by atoms with Crippen LogP contribution in [0.3, 0.4) is 0 Å². The van der Waals surface area contributed by atoms with Gasteiger partial charge in [0, 0.05) is 6.42 Å². The highest BCUT2D eigenvalue weighted by atomic mass is 19.1. The number of fused-ring (bicyclic) bond motifs is 1. The predicted octanol–water partition coefficient (Wildman–Crippen LogP) is 3.10. The van der Waals surface area contributed by atoms with Crippen LogP contribution >= 0.6 is 0 Å². The van der Waals surface area contributed by atoms with E-state index in [9.17, 15) is 9.50 Å². The first-order valence-electron chi connectivity index (χ1n) is 6.35. The smallest absolute Gasteiger partial charge is 0.134 e. The molecule has 1 aliphatic heterocycles. The van der Waals surface area contributed by atoms with Gasteiger partial charge in [-0.3, -0.25) is 0 Å². The van der Waals surface area contributed by atoms with Crippen molar-refractivity contribution in [2.45, 2.75) is 19.4 Å². The maximum Gasteiger partial charge on any atom is 0.134 e. The average molecular weight is 258 g/mol. The van der Waals surface area contributed by atoms with Gasteiger partial charge in [0.25, 0.3) is 0 Å². The molecule has 19 heavy (non-hydrogen) atoms. The van der Waals surface area contributed by atoms with E-state index in [0.717, 1.165) is 16.7 Å². The van der Waals surface area contributed by atoms with Crippen LogP contribution in [0.1, 0.15) is 11.1 Å². The Hall–Kier alpha value is -1.87. The van der Waals surface area contributed by atoms with Crippen LogP contribution in [-0.2, 0) is 6.42 Å². The number of aryl methyl sites for hydroxylation is 1. The number of aliphatic hydroxyl groups excluding tert-OH is 1. The van der Waals surface area contributed by atoms with Gasteiger partial charge in [0.2, 0.25) is 0 Å². The van der Waals surface area contributed by atoms with E-state index in [1.165, 1.54) is 6.07 Å². The lowest BCUT2D eigenvalue weighted by Crippen LogP contribution is -2.17. The Morgan fingerprint density at radius 2 is 2.05 bits per heavy atom. The first-order chi connectivity index (χ1) is 9.20. The van der Waals surface area contributed by atoms with Gasteiger partial charge in [0.1, 0.15) is 17.7 Å². The lowest BCUT2D eigenvalue weighted by atomic mass is 9.96. The molecular weight excluding hydrogens is 243 g/mol. The van der Waals surface area contributed by atoms with Gasteiger partial charge in [-0.2, -0.15) is 0 Å². The standard InChI is InChI=1S/C16H15FO2/c1-10-4-2-3-5-13(10)15-14(17)7-6-11-8-12(9-18)19-16(11)15/h2-7,12,18H,8-9H2,1H3/t12-/m0/s1. The van der Waals surface area contributed by atoms with E-state index >= 15 is 0 Å². The Kier molecular flexibility index (Phi) is 2.99. The number of aliphatic hydroxyl groups is 1. The number of ether oxygens (including phenoxy) is 1. The van der Waals surface area contributed by atoms with Crippen molar-refractivity contribution >= 4 is 0 Å². The van der Waals surface area contributed by atoms with Crippen molar-refractivity contribution in [2.75, 3.05) is 6.61 Å². The Balaban J connectivity index is 2.18. The summed E-state index contributed by atoms with van der Waals surface area (Å²) in [7, 11) is 0. The summed E-state index contributed by atoms with van der Waals surface area (Å²) >= 11 is 0. The molecule has 0 aliphatic carbocycles. The summed E-state index contributed by atoms with van der Waals surface area (Å²) in [6, 6.07) is 10.9. The van der Waals surface area contributed by atoms with Gasteiger partial charge in [0.05, 0.1) is 12.2 Å². The van der Waals surface area contributed by atoms with Gasteiger partial charge in [-0.25, -0.2) is 4.39 Å². The molecule has 2 nitrogen and oxygen atoms in total. The van der Waals surface area contributed by atoms with Crippen molar-refractivity contribution in [2.24, 2.45) is 0 Å². The van der Waals surface area contributed by atoms with Gasteiger partial charge in [-0.15, -0.1) is 0 Å². The molecule has 3 heteroatoms. The van der Waals surface area contributed by atoms with E-state index in [-0.39, 0.29) is 18.5 Å². The molecule has 0 bridgehead atoms. The normalized spacial score (nSPS) is 17.1. The first kappa shape index (κ1) is 12.2. The maximum absolute atomic E-state index is 14.2. The van der Waals surface area contributed by atoms with Crippen molar-refractivity contribution in [3.63, 3.8) is 0 Å². The van der Waals surface area contributed by atoms with Crippen LogP contribution in [0.2, 0.25) is 0 Å². The fourth-order valence-corrected chi connectivity index (χ4v) is 2.56. The van der Waals surface area contributed by atoms with Crippen LogP contribution in [0.15, 0.2) is 36.4 Å². The van der Waals surface area contributed by atoms with Gasteiger partial charge >= 0.3 is 0 Å². The molecule has 1 heterocycles. The van der Waals surface area contributed by atoms with E-state index in [4.69, 9.17) is 4.74 Å². The summed E-state index contributed by atoms with van der Waals surface area (Å²) in [5.41, 5.74) is 3.31. The van der Waals surface area contributed by atoms with E-state index in [1.807, 2.05) is 31.2 Å².